The lowest BCUT2D eigenvalue weighted by Gasteiger charge is -2.26. The molecule has 0 aromatic heterocycles. The molecule has 1 aliphatic heterocycles. The Morgan fingerprint density at radius 2 is 2.41 bits per heavy atom. The molecule has 1 fully saturated rings. The van der Waals surface area contributed by atoms with E-state index >= 15 is 0 Å². The summed E-state index contributed by atoms with van der Waals surface area (Å²) in [6.07, 6.45) is 0. The molecule has 0 saturated carbocycles. The van der Waals surface area contributed by atoms with Crippen molar-refractivity contribution in [2.75, 3.05) is 26.5 Å². The summed E-state index contributed by atoms with van der Waals surface area (Å²) in [5.74, 6) is 1.99. The molecule has 1 aromatic carbocycles. The molecule has 5 heteroatoms. The van der Waals surface area contributed by atoms with E-state index in [0.29, 0.717) is 5.37 Å². The van der Waals surface area contributed by atoms with Gasteiger partial charge in [0.1, 0.15) is 11.1 Å². The molecular formula is C12H16N2OS2. The average molecular weight is 268 g/mol. The minimum atomic E-state index is 0.296. The number of hydrogen-bond acceptors (Lipinski definition) is 3. The summed E-state index contributed by atoms with van der Waals surface area (Å²) in [4.78, 5) is 2.22. The molecule has 1 saturated heterocycles. The quantitative estimate of drug-likeness (QED) is 0.829. The number of thioether (sulfide) groups is 1. The molecule has 0 amide bonds. The Hall–Kier alpha value is -0.940. The third-order valence-electron chi connectivity index (χ3n) is 2.74. The van der Waals surface area contributed by atoms with Gasteiger partial charge < -0.3 is 15.0 Å². The van der Waals surface area contributed by atoms with Crippen molar-refractivity contribution in [3.05, 3.63) is 29.8 Å². The van der Waals surface area contributed by atoms with Gasteiger partial charge in [0.05, 0.1) is 7.11 Å². The number of rotatable bonds is 2. The van der Waals surface area contributed by atoms with Gasteiger partial charge in [0.25, 0.3) is 0 Å². The van der Waals surface area contributed by atoms with Gasteiger partial charge in [-0.3, -0.25) is 0 Å². The Morgan fingerprint density at radius 1 is 1.59 bits per heavy atom. The van der Waals surface area contributed by atoms with Gasteiger partial charge >= 0.3 is 0 Å². The summed E-state index contributed by atoms with van der Waals surface area (Å²) in [6.45, 7) is 0.992. The Morgan fingerprint density at radius 3 is 3.12 bits per heavy atom. The van der Waals surface area contributed by atoms with Gasteiger partial charge in [-0.15, -0.1) is 11.8 Å². The largest absolute Gasteiger partial charge is 0.497 e. The Labute approximate surface area is 112 Å². The highest BCUT2D eigenvalue weighted by Crippen LogP contribution is 2.38. The van der Waals surface area contributed by atoms with Crippen LogP contribution in [0.3, 0.4) is 0 Å². The minimum absolute atomic E-state index is 0.296. The molecule has 0 radical (unpaired) electrons. The van der Waals surface area contributed by atoms with Crippen molar-refractivity contribution in [1.29, 1.82) is 0 Å². The first-order valence-corrected chi connectivity index (χ1v) is 6.96. The predicted octanol–water partition coefficient (Wildman–Crippen LogP) is 2.25. The zero-order valence-electron chi connectivity index (χ0n) is 9.97. The Bertz CT molecular complexity index is 411. The van der Waals surface area contributed by atoms with Crippen LogP contribution in [-0.4, -0.2) is 36.5 Å². The van der Waals surface area contributed by atoms with Gasteiger partial charge in [0, 0.05) is 19.3 Å². The maximum Gasteiger partial charge on any atom is 0.169 e. The molecule has 0 spiro atoms. The van der Waals surface area contributed by atoms with E-state index in [2.05, 4.69) is 22.3 Å². The van der Waals surface area contributed by atoms with Crippen molar-refractivity contribution in [2.45, 2.75) is 5.37 Å². The SMILES string of the molecule is CNC(=S)N1CCSC1c1cccc(OC)c1. The molecule has 1 unspecified atom stereocenters. The smallest absolute Gasteiger partial charge is 0.169 e. The van der Waals surface area contributed by atoms with Crippen LogP contribution in [0.2, 0.25) is 0 Å². The van der Waals surface area contributed by atoms with Crippen LogP contribution >= 0.6 is 24.0 Å². The van der Waals surface area contributed by atoms with Crippen LogP contribution in [0.5, 0.6) is 5.75 Å². The number of nitrogens with one attached hydrogen (secondary N) is 1. The molecule has 1 N–H and O–H groups in total. The standard InChI is InChI=1S/C12H16N2OS2/c1-13-12(16)14-6-7-17-11(14)9-4-3-5-10(8-9)15-2/h3-5,8,11H,6-7H2,1-2H3,(H,13,16). The van der Waals surface area contributed by atoms with Crippen molar-refractivity contribution in [3.63, 3.8) is 0 Å². The van der Waals surface area contributed by atoms with Crippen LogP contribution in [0.1, 0.15) is 10.9 Å². The summed E-state index contributed by atoms with van der Waals surface area (Å²) in [6, 6.07) is 8.18. The topological polar surface area (TPSA) is 24.5 Å². The average Bonchev–Trinajstić information content (AvgIpc) is 2.87. The first-order chi connectivity index (χ1) is 8.26. The molecule has 1 heterocycles. The maximum absolute atomic E-state index is 5.32. The van der Waals surface area contributed by atoms with E-state index in [-0.39, 0.29) is 0 Å². The highest BCUT2D eigenvalue weighted by atomic mass is 32.2. The van der Waals surface area contributed by atoms with E-state index in [1.54, 1.807) is 7.11 Å². The third kappa shape index (κ3) is 2.66. The van der Waals surface area contributed by atoms with Crippen LogP contribution in [-0.2, 0) is 0 Å². The second kappa shape index (κ2) is 5.60. The highest BCUT2D eigenvalue weighted by Gasteiger charge is 2.28. The number of hydrogen-bond donors (Lipinski definition) is 1. The van der Waals surface area contributed by atoms with Gasteiger partial charge in [-0.05, 0) is 29.9 Å². The monoisotopic (exact) mass is 268 g/mol. The van der Waals surface area contributed by atoms with Gasteiger partial charge in [-0.1, -0.05) is 12.1 Å². The third-order valence-corrected chi connectivity index (χ3v) is 4.44. The Balaban J connectivity index is 2.22. The minimum Gasteiger partial charge on any atom is -0.497 e. The number of ether oxygens (including phenoxy) is 1. The van der Waals surface area contributed by atoms with Crippen LogP contribution in [0.15, 0.2) is 24.3 Å². The van der Waals surface area contributed by atoms with E-state index in [1.165, 1.54) is 5.56 Å². The molecule has 0 bridgehead atoms. The molecule has 2 rings (SSSR count). The van der Waals surface area contributed by atoms with Crippen molar-refractivity contribution in [3.8, 4) is 5.75 Å². The zero-order valence-corrected chi connectivity index (χ0v) is 11.6. The Kier molecular flexibility index (Phi) is 4.12. The highest BCUT2D eigenvalue weighted by molar-refractivity contribution is 7.99. The first-order valence-electron chi connectivity index (χ1n) is 5.50. The number of methoxy groups -OCH3 is 1. The van der Waals surface area contributed by atoms with Gasteiger partial charge in [0.15, 0.2) is 5.11 Å². The van der Waals surface area contributed by atoms with Gasteiger partial charge in [0.2, 0.25) is 0 Å². The fraction of sp³-hybridized carbons (Fsp3) is 0.417. The number of nitrogens with zero attached hydrogens (tertiary/aromatic N) is 1. The molecule has 92 valence electrons. The predicted molar refractivity (Wildman–Crippen MR) is 76.6 cm³/mol. The van der Waals surface area contributed by atoms with E-state index < -0.39 is 0 Å². The van der Waals surface area contributed by atoms with Crippen LogP contribution in [0, 0.1) is 0 Å². The lowest BCUT2D eigenvalue weighted by Crippen LogP contribution is -2.37. The summed E-state index contributed by atoms with van der Waals surface area (Å²) in [5.41, 5.74) is 1.24. The maximum atomic E-state index is 5.32. The summed E-state index contributed by atoms with van der Waals surface area (Å²) < 4.78 is 5.26. The molecule has 1 atom stereocenters. The molecule has 17 heavy (non-hydrogen) atoms. The fourth-order valence-corrected chi connectivity index (χ4v) is 3.41. The number of benzene rings is 1. The first kappa shape index (κ1) is 12.5. The van der Waals surface area contributed by atoms with E-state index in [9.17, 15) is 0 Å². The zero-order chi connectivity index (χ0) is 12.3. The lowest BCUT2D eigenvalue weighted by molar-refractivity contribution is 0.410. The summed E-state index contributed by atoms with van der Waals surface area (Å²) in [7, 11) is 3.56. The molecule has 0 aliphatic carbocycles. The number of thiocarbonyl (C=S) groups is 1. The fourth-order valence-electron chi connectivity index (χ4n) is 1.89. The van der Waals surface area contributed by atoms with E-state index in [1.807, 2.05) is 30.9 Å². The van der Waals surface area contributed by atoms with Crippen molar-refractivity contribution in [2.24, 2.45) is 0 Å². The normalized spacial score (nSPS) is 19.2. The van der Waals surface area contributed by atoms with Crippen molar-refractivity contribution < 1.29 is 4.74 Å². The summed E-state index contributed by atoms with van der Waals surface area (Å²) in [5, 5.41) is 4.15. The van der Waals surface area contributed by atoms with Crippen LogP contribution in [0.25, 0.3) is 0 Å². The van der Waals surface area contributed by atoms with E-state index in [4.69, 9.17) is 17.0 Å². The molecule has 1 aliphatic rings. The lowest BCUT2D eigenvalue weighted by atomic mass is 10.2. The summed E-state index contributed by atoms with van der Waals surface area (Å²) >= 11 is 7.23. The molecule has 1 aromatic rings. The van der Waals surface area contributed by atoms with Gasteiger partial charge in [-0.25, -0.2) is 0 Å². The van der Waals surface area contributed by atoms with Crippen molar-refractivity contribution >= 4 is 29.1 Å². The van der Waals surface area contributed by atoms with Gasteiger partial charge in [-0.2, -0.15) is 0 Å². The van der Waals surface area contributed by atoms with E-state index in [0.717, 1.165) is 23.2 Å². The molecular weight excluding hydrogens is 252 g/mol. The molecule has 3 nitrogen and oxygen atoms in total. The second-order valence-corrected chi connectivity index (χ2v) is 5.32. The van der Waals surface area contributed by atoms with Crippen molar-refractivity contribution in [1.82, 2.24) is 10.2 Å². The second-order valence-electron chi connectivity index (χ2n) is 3.75. The van der Waals surface area contributed by atoms with Crippen LogP contribution < -0.4 is 10.1 Å². The van der Waals surface area contributed by atoms with Crippen LogP contribution in [0.4, 0.5) is 0 Å².